The zero-order chi connectivity index (χ0) is 20.3. The summed E-state index contributed by atoms with van der Waals surface area (Å²) in [4.78, 5) is 38.1. The second-order valence-electron chi connectivity index (χ2n) is 6.63. The zero-order valence-electron chi connectivity index (χ0n) is 16.0. The van der Waals surface area contributed by atoms with Crippen molar-refractivity contribution in [3.05, 3.63) is 41.1 Å². The smallest absolute Gasteiger partial charge is 0.338 e. The second-order valence-corrected chi connectivity index (χ2v) is 7.28. The van der Waals surface area contributed by atoms with Crippen molar-refractivity contribution >= 4 is 35.2 Å². The second kappa shape index (κ2) is 8.43. The van der Waals surface area contributed by atoms with Gasteiger partial charge in [0.15, 0.2) is 0 Å². The van der Waals surface area contributed by atoms with Crippen LogP contribution in [-0.4, -0.2) is 41.3 Å². The van der Waals surface area contributed by atoms with Crippen LogP contribution >= 0.6 is 11.6 Å². The van der Waals surface area contributed by atoms with E-state index in [1.54, 1.807) is 59.0 Å². The zero-order valence-corrected chi connectivity index (χ0v) is 16.8. The lowest BCUT2D eigenvalue weighted by atomic mass is 9.94. The Bertz CT molecular complexity index is 789. The van der Waals surface area contributed by atoms with E-state index < -0.39 is 17.4 Å². The molecule has 1 aliphatic rings. The van der Waals surface area contributed by atoms with Gasteiger partial charge < -0.3 is 20.3 Å². The first-order valence-electron chi connectivity index (χ1n) is 8.62. The Morgan fingerprint density at radius 1 is 1.30 bits per heavy atom. The van der Waals surface area contributed by atoms with Crippen molar-refractivity contribution in [2.45, 2.75) is 45.2 Å². The van der Waals surface area contributed by atoms with Crippen molar-refractivity contribution in [1.82, 2.24) is 10.2 Å². The molecule has 2 atom stereocenters. The molecular weight excluding hydrogens is 370 g/mol. The van der Waals surface area contributed by atoms with Gasteiger partial charge in [0.25, 0.3) is 0 Å². The highest BCUT2D eigenvalue weighted by atomic mass is 35.5. The van der Waals surface area contributed by atoms with Crippen molar-refractivity contribution in [1.29, 1.82) is 0 Å². The van der Waals surface area contributed by atoms with Gasteiger partial charge >= 0.3 is 12.0 Å². The van der Waals surface area contributed by atoms with Gasteiger partial charge in [-0.3, -0.25) is 4.79 Å². The molecule has 1 heterocycles. The lowest BCUT2D eigenvalue weighted by Gasteiger charge is -2.33. The Morgan fingerprint density at radius 3 is 2.56 bits per heavy atom. The highest BCUT2D eigenvalue weighted by molar-refractivity contribution is 6.32. The number of benzene rings is 1. The van der Waals surface area contributed by atoms with Crippen LogP contribution in [0.1, 0.15) is 39.3 Å². The summed E-state index contributed by atoms with van der Waals surface area (Å²) >= 11 is 5.79. The van der Waals surface area contributed by atoms with Gasteiger partial charge in [-0.25, -0.2) is 9.59 Å². The van der Waals surface area contributed by atoms with Crippen LogP contribution in [0.5, 0.6) is 0 Å². The van der Waals surface area contributed by atoms with Crippen molar-refractivity contribution < 1.29 is 19.1 Å². The Balaban J connectivity index is 2.43. The fourth-order valence-corrected chi connectivity index (χ4v) is 2.72. The van der Waals surface area contributed by atoms with Crippen LogP contribution in [0.3, 0.4) is 0 Å². The number of rotatable bonds is 5. The molecule has 1 aromatic carbocycles. The number of halogens is 1. The van der Waals surface area contributed by atoms with Crippen molar-refractivity contribution in [3.63, 3.8) is 0 Å². The predicted molar refractivity (Wildman–Crippen MR) is 103 cm³/mol. The van der Waals surface area contributed by atoms with Gasteiger partial charge in [0.2, 0.25) is 5.91 Å². The molecule has 0 unspecified atom stereocenters. The van der Waals surface area contributed by atoms with Gasteiger partial charge in [0, 0.05) is 18.4 Å². The van der Waals surface area contributed by atoms with E-state index >= 15 is 0 Å². The summed E-state index contributed by atoms with van der Waals surface area (Å²) in [5, 5.41) is 4.83. The molecule has 0 aliphatic carbocycles. The minimum atomic E-state index is -0.690. The number of esters is 1. The maximum atomic E-state index is 12.7. The van der Waals surface area contributed by atoms with Crippen LogP contribution in [0.25, 0.3) is 0 Å². The summed E-state index contributed by atoms with van der Waals surface area (Å²) in [5.41, 5.74) is 2.03. The van der Waals surface area contributed by atoms with E-state index in [2.05, 4.69) is 10.6 Å². The van der Waals surface area contributed by atoms with Gasteiger partial charge in [0.1, 0.15) is 5.38 Å². The maximum Gasteiger partial charge on any atom is 0.338 e. The number of nitrogens with zero attached hydrogens (tertiary/aromatic N) is 1. The highest BCUT2D eigenvalue weighted by Crippen LogP contribution is 2.32. The molecule has 0 saturated heterocycles. The SMILES string of the molecule is CC1=C(C(=O)OC(C)C)[C@@H](c2cccc(NC(=O)[C@H](C)Cl)c2)NC(=O)N1C. The molecular formula is C19H24ClN3O4. The summed E-state index contributed by atoms with van der Waals surface area (Å²) in [6.07, 6.45) is -0.294. The molecule has 0 radical (unpaired) electrons. The molecule has 0 aromatic heterocycles. The minimum Gasteiger partial charge on any atom is -0.459 e. The van der Waals surface area contributed by atoms with E-state index in [4.69, 9.17) is 16.3 Å². The summed E-state index contributed by atoms with van der Waals surface area (Å²) in [5.74, 6) is -0.837. The third-order valence-electron chi connectivity index (χ3n) is 4.17. The van der Waals surface area contributed by atoms with Crippen molar-refractivity contribution in [2.24, 2.45) is 0 Å². The number of alkyl halides is 1. The molecule has 7 nitrogen and oxygen atoms in total. The Kier molecular flexibility index (Phi) is 6.49. The number of ether oxygens (including phenoxy) is 1. The highest BCUT2D eigenvalue weighted by Gasteiger charge is 2.35. The first-order chi connectivity index (χ1) is 12.6. The van der Waals surface area contributed by atoms with E-state index in [1.165, 1.54) is 4.90 Å². The molecule has 146 valence electrons. The predicted octanol–water partition coefficient (Wildman–Crippen LogP) is 3.17. The number of carbonyl (C=O) groups is 3. The first-order valence-corrected chi connectivity index (χ1v) is 9.06. The number of anilines is 1. The third kappa shape index (κ3) is 4.80. The average Bonchev–Trinajstić information content (AvgIpc) is 2.58. The van der Waals surface area contributed by atoms with Gasteiger partial charge in [-0.05, 0) is 45.4 Å². The molecule has 0 bridgehead atoms. The molecule has 0 spiro atoms. The number of carbonyl (C=O) groups excluding carboxylic acids is 3. The molecule has 1 aromatic rings. The fraction of sp³-hybridized carbons (Fsp3) is 0.421. The molecule has 27 heavy (non-hydrogen) atoms. The summed E-state index contributed by atoms with van der Waals surface area (Å²) in [7, 11) is 1.59. The standard InChI is InChI=1S/C19H24ClN3O4/c1-10(2)27-18(25)15-12(4)23(5)19(26)22-16(15)13-7-6-8-14(9-13)21-17(24)11(3)20/h6-11,16H,1-5H3,(H,21,24)(H,22,26)/t11-,16+/m0/s1. The number of hydrogen-bond acceptors (Lipinski definition) is 4. The average molecular weight is 394 g/mol. The van der Waals surface area contributed by atoms with E-state index in [9.17, 15) is 14.4 Å². The Hall–Kier alpha value is -2.54. The van der Waals surface area contributed by atoms with Crippen LogP contribution in [0.2, 0.25) is 0 Å². The summed E-state index contributed by atoms with van der Waals surface area (Å²) in [6, 6.07) is 5.89. The number of allylic oxidation sites excluding steroid dienone is 1. The van der Waals surface area contributed by atoms with E-state index in [0.717, 1.165) is 0 Å². The Labute approximate surface area is 163 Å². The molecule has 1 aliphatic heterocycles. The van der Waals surface area contributed by atoms with Gasteiger partial charge in [0.05, 0.1) is 17.7 Å². The molecule has 8 heteroatoms. The molecule has 2 N–H and O–H groups in total. The topological polar surface area (TPSA) is 87.7 Å². The van der Waals surface area contributed by atoms with Gasteiger partial charge in [-0.2, -0.15) is 0 Å². The van der Waals surface area contributed by atoms with Gasteiger partial charge in [-0.15, -0.1) is 11.6 Å². The van der Waals surface area contributed by atoms with Crippen LogP contribution in [0, 0.1) is 0 Å². The van der Waals surface area contributed by atoms with Crippen molar-refractivity contribution in [2.75, 3.05) is 12.4 Å². The number of urea groups is 1. The Morgan fingerprint density at radius 2 is 1.96 bits per heavy atom. The lowest BCUT2D eigenvalue weighted by Crippen LogP contribution is -2.46. The largest absolute Gasteiger partial charge is 0.459 e. The molecule has 0 fully saturated rings. The van der Waals surface area contributed by atoms with Crippen LogP contribution < -0.4 is 10.6 Å². The monoisotopic (exact) mass is 393 g/mol. The summed E-state index contributed by atoms with van der Waals surface area (Å²) in [6.45, 7) is 6.79. The molecule has 2 rings (SSSR count). The third-order valence-corrected chi connectivity index (χ3v) is 4.36. The molecule has 0 saturated carbocycles. The normalized spacial score (nSPS) is 18.3. The van der Waals surface area contributed by atoms with Crippen molar-refractivity contribution in [3.8, 4) is 0 Å². The number of nitrogens with one attached hydrogen (secondary N) is 2. The first kappa shape index (κ1) is 20.8. The number of amides is 3. The maximum absolute atomic E-state index is 12.7. The van der Waals surface area contributed by atoms with E-state index in [0.29, 0.717) is 22.5 Å². The number of hydrogen-bond donors (Lipinski definition) is 2. The van der Waals surface area contributed by atoms with E-state index in [1.807, 2.05) is 0 Å². The molecule has 3 amide bonds. The van der Waals surface area contributed by atoms with Crippen LogP contribution in [0.4, 0.5) is 10.5 Å². The van der Waals surface area contributed by atoms with Gasteiger partial charge in [-0.1, -0.05) is 12.1 Å². The lowest BCUT2D eigenvalue weighted by molar-refractivity contribution is -0.143. The van der Waals surface area contributed by atoms with Crippen LogP contribution in [0.15, 0.2) is 35.5 Å². The van der Waals surface area contributed by atoms with Crippen LogP contribution in [-0.2, 0) is 14.3 Å². The van der Waals surface area contributed by atoms with E-state index in [-0.39, 0.29) is 18.0 Å². The minimum absolute atomic E-state index is 0.294. The quantitative estimate of drug-likeness (QED) is 0.594. The summed E-state index contributed by atoms with van der Waals surface area (Å²) < 4.78 is 5.36. The fourth-order valence-electron chi connectivity index (χ4n) is 2.67.